The number of para-hydroxylation sites is 2. The second-order valence-electron chi connectivity index (χ2n) is 10.9. The molecule has 8 rings (SSSR count). The predicted molar refractivity (Wildman–Crippen MR) is 182 cm³/mol. The largest absolute Gasteiger partial charge is 0.455 e. The van der Waals surface area contributed by atoms with E-state index in [1.165, 1.54) is 10.8 Å². The Morgan fingerprint density at radius 2 is 1.42 bits per heavy atom. The summed E-state index contributed by atoms with van der Waals surface area (Å²) in [5, 5.41) is 7.67. The molecule has 0 atom stereocenters. The molecule has 0 unspecified atom stereocenters. The molecule has 5 aromatic carbocycles. The maximum atomic E-state index is 6.64. The molecule has 0 radical (unpaired) electrons. The molecule has 0 saturated heterocycles. The van der Waals surface area contributed by atoms with Crippen LogP contribution in [0.2, 0.25) is 0 Å². The highest BCUT2D eigenvalue weighted by molar-refractivity contribution is 6.15. The van der Waals surface area contributed by atoms with Crippen molar-refractivity contribution in [1.82, 2.24) is 4.57 Å². The third-order valence-electron chi connectivity index (χ3n) is 8.25. The Morgan fingerprint density at radius 1 is 0.628 bits per heavy atom. The van der Waals surface area contributed by atoms with Gasteiger partial charge in [0.2, 0.25) is 0 Å². The van der Waals surface area contributed by atoms with Crippen LogP contribution in [0, 0.1) is 0 Å². The SMILES string of the molecule is C=C1/C=C\C=C/N(c2ccccc2)/C=c2\c(c3c4oc5ccccc5c4ccc3n2-c2ccc3ccccc3c2)=C/C1=C. The van der Waals surface area contributed by atoms with E-state index in [0.717, 1.165) is 65.9 Å². The van der Waals surface area contributed by atoms with E-state index in [1.54, 1.807) is 0 Å². The van der Waals surface area contributed by atoms with Crippen LogP contribution in [-0.2, 0) is 0 Å². The van der Waals surface area contributed by atoms with Gasteiger partial charge in [0, 0.05) is 39.8 Å². The molecule has 0 amide bonds. The summed E-state index contributed by atoms with van der Waals surface area (Å²) < 4.78 is 8.98. The number of furan rings is 1. The van der Waals surface area contributed by atoms with Crippen molar-refractivity contribution in [2.75, 3.05) is 4.90 Å². The Labute approximate surface area is 249 Å². The Balaban J connectivity index is 1.59. The fraction of sp³-hybridized carbons (Fsp3) is 0. The normalized spacial score (nSPS) is 16.9. The second-order valence-corrected chi connectivity index (χ2v) is 10.9. The number of hydrogen-bond acceptors (Lipinski definition) is 2. The number of anilines is 1. The molecule has 3 heterocycles. The molecule has 0 N–H and O–H groups in total. The summed E-state index contributed by atoms with van der Waals surface area (Å²) in [6, 6.07) is 38.2. The molecule has 3 nitrogen and oxygen atoms in total. The molecule has 0 bridgehead atoms. The first kappa shape index (κ1) is 25.0. The number of nitrogens with zero attached hydrogens (tertiary/aromatic N) is 2. The second kappa shape index (κ2) is 9.93. The van der Waals surface area contributed by atoms with Gasteiger partial charge in [0.25, 0.3) is 0 Å². The molecule has 1 aliphatic rings. The van der Waals surface area contributed by atoms with Crippen LogP contribution < -0.4 is 15.5 Å². The number of fused-ring (bicyclic) bond motifs is 8. The topological polar surface area (TPSA) is 21.3 Å². The van der Waals surface area contributed by atoms with Crippen molar-refractivity contribution >= 4 is 61.6 Å². The monoisotopic (exact) mass is 552 g/mol. The molecule has 7 aromatic rings. The standard InChI is InChI=1S/C40H28N2O/c1-27-12-10-11-23-41(31-15-4-3-5-16-31)26-37-35(24-28(27)2)39-36(22-21-34-33-17-8-9-18-38(33)43-40(34)39)42(37)32-20-19-29-13-6-7-14-30(29)25-32/h3-26H,1-2H2/b12-10-,23-11-,35-24+,37-26+. The molecule has 204 valence electrons. The molecule has 0 saturated carbocycles. The van der Waals surface area contributed by atoms with Crippen molar-refractivity contribution in [1.29, 1.82) is 0 Å². The molecular formula is C40H28N2O. The fourth-order valence-electron chi connectivity index (χ4n) is 6.09. The van der Waals surface area contributed by atoms with Crippen LogP contribution in [0.1, 0.15) is 0 Å². The van der Waals surface area contributed by atoms with Crippen molar-refractivity contribution in [3.63, 3.8) is 0 Å². The zero-order valence-electron chi connectivity index (χ0n) is 23.6. The highest BCUT2D eigenvalue weighted by atomic mass is 16.3. The van der Waals surface area contributed by atoms with E-state index < -0.39 is 0 Å². The van der Waals surface area contributed by atoms with Gasteiger partial charge in [-0.2, -0.15) is 0 Å². The van der Waals surface area contributed by atoms with Crippen molar-refractivity contribution in [2.24, 2.45) is 0 Å². The fourth-order valence-corrected chi connectivity index (χ4v) is 6.09. The van der Waals surface area contributed by atoms with Gasteiger partial charge in [-0.1, -0.05) is 92.0 Å². The van der Waals surface area contributed by atoms with Crippen molar-refractivity contribution in [2.45, 2.75) is 0 Å². The first-order valence-corrected chi connectivity index (χ1v) is 14.4. The maximum Gasteiger partial charge on any atom is 0.145 e. The summed E-state index contributed by atoms with van der Waals surface area (Å²) in [6.07, 6.45) is 12.5. The average molecular weight is 553 g/mol. The highest BCUT2D eigenvalue weighted by Gasteiger charge is 2.18. The molecule has 2 aromatic heterocycles. The van der Waals surface area contributed by atoms with Crippen molar-refractivity contribution in [3.8, 4) is 5.69 Å². The van der Waals surface area contributed by atoms with Crippen LogP contribution in [0.15, 0.2) is 162 Å². The van der Waals surface area contributed by atoms with Crippen LogP contribution in [0.5, 0.6) is 0 Å². The Bertz CT molecular complexity index is 2430. The molecule has 0 fully saturated rings. The minimum atomic E-state index is 0.845. The molecule has 43 heavy (non-hydrogen) atoms. The van der Waals surface area contributed by atoms with E-state index in [0.29, 0.717) is 0 Å². The van der Waals surface area contributed by atoms with Gasteiger partial charge in [0.1, 0.15) is 11.2 Å². The number of rotatable bonds is 2. The summed E-state index contributed by atoms with van der Waals surface area (Å²) in [7, 11) is 0. The van der Waals surface area contributed by atoms with E-state index in [2.05, 4.69) is 132 Å². The summed E-state index contributed by atoms with van der Waals surface area (Å²) in [5.74, 6) is 0. The van der Waals surface area contributed by atoms with Crippen LogP contribution >= 0.6 is 0 Å². The first-order chi connectivity index (χ1) is 21.2. The average Bonchev–Trinajstić information content (AvgIpc) is 3.57. The Hall–Kier alpha value is -5.80. The molecule has 0 aliphatic carbocycles. The lowest BCUT2D eigenvalue weighted by molar-refractivity contribution is 0.672. The van der Waals surface area contributed by atoms with E-state index in [1.807, 2.05) is 36.4 Å². The van der Waals surface area contributed by atoms with Crippen LogP contribution in [-0.4, -0.2) is 4.57 Å². The maximum absolute atomic E-state index is 6.64. The quantitative estimate of drug-likeness (QED) is 0.214. The van der Waals surface area contributed by atoms with Crippen molar-refractivity contribution < 1.29 is 4.42 Å². The Morgan fingerprint density at radius 3 is 2.30 bits per heavy atom. The van der Waals surface area contributed by atoms with Crippen LogP contribution in [0.4, 0.5) is 5.69 Å². The number of benzene rings is 5. The van der Waals surface area contributed by atoms with Gasteiger partial charge in [-0.3, -0.25) is 0 Å². The lowest BCUT2D eigenvalue weighted by Gasteiger charge is -2.16. The smallest absolute Gasteiger partial charge is 0.145 e. The van der Waals surface area contributed by atoms with Gasteiger partial charge in [0.05, 0.1) is 16.3 Å². The molecule has 1 aliphatic heterocycles. The van der Waals surface area contributed by atoms with Crippen LogP contribution in [0.3, 0.4) is 0 Å². The first-order valence-electron chi connectivity index (χ1n) is 14.4. The lowest BCUT2D eigenvalue weighted by atomic mass is 10.1. The lowest BCUT2D eigenvalue weighted by Crippen LogP contribution is -2.32. The van der Waals surface area contributed by atoms with Gasteiger partial charge < -0.3 is 13.9 Å². The third-order valence-corrected chi connectivity index (χ3v) is 8.25. The van der Waals surface area contributed by atoms with E-state index in [9.17, 15) is 0 Å². The van der Waals surface area contributed by atoms with E-state index in [-0.39, 0.29) is 0 Å². The van der Waals surface area contributed by atoms with Crippen molar-refractivity contribution in [3.05, 3.63) is 168 Å². The summed E-state index contributed by atoms with van der Waals surface area (Å²) in [6.45, 7) is 8.75. The van der Waals surface area contributed by atoms with Gasteiger partial charge in [-0.25, -0.2) is 0 Å². The van der Waals surface area contributed by atoms with E-state index >= 15 is 0 Å². The number of aromatic nitrogens is 1. The Kier molecular flexibility index (Phi) is 5.76. The summed E-state index contributed by atoms with van der Waals surface area (Å²) in [5.41, 5.74) is 6.62. The van der Waals surface area contributed by atoms with E-state index in [4.69, 9.17) is 4.42 Å². The number of allylic oxidation sites excluding steroid dienone is 5. The summed E-state index contributed by atoms with van der Waals surface area (Å²) in [4.78, 5) is 2.17. The zero-order valence-corrected chi connectivity index (χ0v) is 23.6. The van der Waals surface area contributed by atoms with Gasteiger partial charge in [-0.05, 0) is 76.5 Å². The highest BCUT2D eigenvalue weighted by Crippen LogP contribution is 2.33. The van der Waals surface area contributed by atoms with Gasteiger partial charge in [0.15, 0.2) is 0 Å². The zero-order chi connectivity index (χ0) is 28.9. The predicted octanol–water partition coefficient (Wildman–Crippen LogP) is 8.90. The molecule has 3 heteroatoms. The van der Waals surface area contributed by atoms with Gasteiger partial charge in [-0.15, -0.1) is 0 Å². The minimum absolute atomic E-state index is 0.845. The molecular weight excluding hydrogens is 524 g/mol. The minimum Gasteiger partial charge on any atom is -0.455 e. The van der Waals surface area contributed by atoms with Gasteiger partial charge >= 0.3 is 0 Å². The molecule has 0 spiro atoms. The third kappa shape index (κ3) is 4.13. The summed E-state index contributed by atoms with van der Waals surface area (Å²) >= 11 is 0. The van der Waals surface area contributed by atoms with Crippen LogP contribution in [0.25, 0.3) is 61.6 Å². The number of hydrogen-bond donors (Lipinski definition) is 0.